The van der Waals surface area contributed by atoms with Crippen molar-refractivity contribution in [2.75, 3.05) is 25.5 Å². The molecule has 2 fully saturated rings. The zero-order valence-electron chi connectivity index (χ0n) is 17.8. The molecule has 2 N–H and O–H groups in total. The summed E-state index contributed by atoms with van der Waals surface area (Å²) in [6.45, 7) is 2.31. The maximum absolute atomic E-state index is 12.7. The van der Waals surface area contributed by atoms with E-state index < -0.39 is 0 Å². The monoisotopic (exact) mass is 417 g/mol. The minimum atomic E-state index is -0.137. The molecule has 1 amide bonds. The van der Waals surface area contributed by atoms with Crippen LogP contribution in [0, 0.1) is 5.82 Å². The lowest BCUT2D eigenvalue weighted by Gasteiger charge is -2.29. The number of halogens is 1. The van der Waals surface area contributed by atoms with Crippen molar-refractivity contribution >= 4 is 11.6 Å². The average Bonchev–Trinajstić information content (AvgIpc) is 3.22. The van der Waals surface area contributed by atoms with Crippen molar-refractivity contribution in [3.05, 3.63) is 89.0 Å². The van der Waals surface area contributed by atoms with Gasteiger partial charge in [0.15, 0.2) is 0 Å². The molecule has 0 spiro atoms. The van der Waals surface area contributed by atoms with Crippen LogP contribution in [-0.2, 0) is 0 Å². The van der Waals surface area contributed by atoms with Crippen LogP contribution in [0.5, 0.6) is 0 Å². The van der Waals surface area contributed by atoms with Gasteiger partial charge in [-0.05, 0) is 110 Å². The Morgan fingerprint density at radius 2 is 1.77 bits per heavy atom. The molecule has 3 aliphatic rings. The summed E-state index contributed by atoms with van der Waals surface area (Å²) in [4.78, 5) is 17.1. The van der Waals surface area contributed by atoms with E-state index in [4.69, 9.17) is 0 Å². The summed E-state index contributed by atoms with van der Waals surface area (Å²) in [5.74, 6) is 2.03. The van der Waals surface area contributed by atoms with Gasteiger partial charge in [-0.2, -0.15) is 0 Å². The number of aromatic amines is 1. The van der Waals surface area contributed by atoms with Crippen LogP contribution in [0.2, 0.25) is 0 Å². The molecule has 1 saturated carbocycles. The van der Waals surface area contributed by atoms with E-state index in [1.54, 1.807) is 24.4 Å². The van der Waals surface area contributed by atoms with Crippen molar-refractivity contribution in [2.24, 2.45) is 0 Å². The number of likely N-dealkylation sites (tertiary alicyclic amines) is 1. The molecule has 1 aliphatic heterocycles. The lowest BCUT2D eigenvalue weighted by molar-refractivity contribution is 0.102. The van der Waals surface area contributed by atoms with Crippen LogP contribution in [0.1, 0.15) is 64.2 Å². The molecule has 160 valence electrons. The summed E-state index contributed by atoms with van der Waals surface area (Å²) < 4.78 is 12.7. The number of hydrogen-bond donors (Lipinski definition) is 2. The van der Waals surface area contributed by atoms with E-state index in [1.165, 1.54) is 36.0 Å². The zero-order chi connectivity index (χ0) is 21.4. The summed E-state index contributed by atoms with van der Waals surface area (Å²) in [5.41, 5.74) is 5.69. The maximum atomic E-state index is 12.7. The number of anilines is 1. The number of hydrogen-bond acceptors (Lipinski definition) is 2. The first-order valence-corrected chi connectivity index (χ1v) is 11.1. The predicted molar refractivity (Wildman–Crippen MR) is 121 cm³/mol. The number of rotatable bonds is 3. The number of carbonyl (C=O) groups is 1. The molecule has 2 aliphatic carbocycles. The van der Waals surface area contributed by atoms with E-state index in [1.807, 2.05) is 24.3 Å². The highest BCUT2D eigenvalue weighted by atomic mass is 19.1. The lowest BCUT2D eigenvalue weighted by atomic mass is 9.88. The Morgan fingerprint density at radius 1 is 1.03 bits per heavy atom. The van der Waals surface area contributed by atoms with E-state index in [0.717, 1.165) is 30.6 Å². The summed E-state index contributed by atoms with van der Waals surface area (Å²) in [6, 6.07) is 16.8. The first-order chi connectivity index (χ1) is 15.1. The van der Waals surface area contributed by atoms with Crippen LogP contribution in [0.15, 0.2) is 60.8 Å². The van der Waals surface area contributed by atoms with Crippen molar-refractivity contribution in [1.82, 2.24) is 9.88 Å². The van der Waals surface area contributed by atoms with Gasteiger partial charge in [0.25, 0.3) is 5.91 Å². The Hall–Kier alpha value is -2.92. The van der Waals surface area contributed by atoms with Gasteiger partial charge in [-0.25, -0.2) is 4.39 Å². The fourth-order valence-electron chi connectivity index (χ4n) is 4.84. The smallest absolute Gasteiger partial charge is 0.272 e. The highest BCUT2D eigenvalue weighted by molar-refractivity contribution is 6.03. The summed E-state index contributed by atoms with van der Waals surface area (Å²) >= 11 is 0. The van der Waals surface area contributed by atoms with Crippen molar-refractivity contribution in [2.45, 2.75) is 37.0 Å². The second kappa shape index (κ2) is 8.31. The third-order valence-electron chi connectivity index (χ3n) is 6.84. The van der Waals surface area contributed by atoms with Crippen LogP contribution in [0.3, 0.4) is 0 Å². The Bertz CT molecular complexity index is 1050. The SMILES string of the molecule is CN1CCC(c2ccc(F)cc2)CC1.O=C(Nc1ccc2c(c1)C1CC21)c1ccc[nH]1. The van der Waals surface area contributed by atoms with Gasteiger partial charge < -0.3 is 15.2 Å². The van der Waals surface area contributed by atoms with Gasteiger partial charge in [-0.1, -0.05) is 18.2 Å². The summed E-state index contributed by atoms with van der Waals surface area (Å²) in [5, 5.41) is 2.92. The maximum Gasteiger partial charge on any atom is 0.272 e. The van der Waals surface area contributed by atoms with Crippen LogP contribution in [0.25, 0.3) is 0 Å². The Labute approximate surface area is 182 Å². The highest BCUT2D eigenvalue weighted by Crippen LogP contribution is 2.66. The van der Waals surface area contributed by atoms with Gasteiger partial charge >= 0.3 is 0 Å². The zero-order valence-corrected chi connectivity index (χ0v) is 17.8. The molecule has 5 heteroatoms. The van der Waals surface area contributed by atoms with E-state index in [-0.39, 0.29) is 11.7 Å². The molecular weight excluding hydrogens is 389 g/mol. The fraction of sp³-hybridized carbons (Fsp3) is 0.346. The molecular formula is C26H28FN3O. The summed E-state index contributed by atoms with van der Waals surface area (Å²) in [6.07, 6.45) is 5.45. The van der Waals surface area contributed by atoms with Crippen molar-refractivity contribution in [1.29, 1.82) is 0 Å². The van der Waals surface area contributed by atoms with E-state index in [9.17, 15) is 9.18 Å². The topological polar surface area (TPSA) is 48.1 Å². The minimum absolute atomic E-state index is 0.0818. The first-order valence-electron chi connectivity index (χ1n) is 11.1. The standard InChI is InChI=1S/C14H12N2O.C12H16FN/c17-14(13-2-1-5-15-13)16-8-3-4-9-10(6-8)12-7-11(9)12;1-14-8-6-11(7-9-14)10-2-4-12(13)5-3-10/h1-6,11-12,15H,7H2,(H,16,17);2-5,11H,6-9H2,1H3. The summed E-state index contributed by atoms with van der Waals surface area (Å²) in [7, 11) is 2.15. The van der Waals surface area contributed by atoms with Gasteiger partial charge in [0.2, 0.25) is 0 Å². The number of nitrogens with zero attached hydrogens (tertiary/aromatic N) is 1. The van der Waals surface area contributed by atoms with Gasteiger partial charge in [-0.15, -0.1) is 0 Å². The third kappa shape index (κ3) is 4.28. The van der Waals surface area contributed by atoms with Crippen molar-refractivity contribution < 1.29 is 9.18 Å². The molecule has 1 aromatic heterocycles. The molecule has 2 heterocycles. The van der Waals surface area contributed by atoms with Gasteiger partial charge in [0.05, 0.1) is 0 Å². The molecule has 31 heavy (non-hydrogen) atoms. The largest absolute Gasteiger partial charge is 0.357 e. The van der Waals surface area contributed by atoms with Gasteiger partial charge in [0, 0.05) is 11.9 Å². The second-order valence-corrected chi connectivity index (χ2v) is 8.96. The van der Waals surface area contributed by atoms with Crippen molar-refractivity contribution in [3.63, 3.8) is 0 Å². The van der Waals surface area contributed by atoms with E-state index in [0.29, 0.717) is 11.6 Å². The van der Waals surface area contributed by atoms with Crippen LogP contribution >= 0.6 is 0 Å². The number of H-pyrrole nitrogens is 1. The first kappa shape index (κ1) is 20.0. The van der Waals surface area contributed by atoms with Crippen molar-refractivity contribution in [3.8, 4) is 0 Å². The number of fused-ring (bicyclic) bond motifs is 4. The molecule has 0 radical (unpaired) electrons. The second-order valence-electron chi connectivity index (χ2n) is 8.96. The quantitative estimate of drug-likeness (QED) is 0.592. The number of piperidine rings is 1. The molecule has 1 saturated heterocycles. The molecule has 3 aromatic rings. The number of aromatic nitrogens is 1. The Kier molecular flexibility index (Phi) is 5.36. The lowest BCUT2D eigenvalue weighted by Crippen LogP contribution is -2.29. The van der Waals surface area contributed by atoms with Crippen LogP contribution in [0.4, 0.5) is 10.1 Å². The number of carbonyl (C=O) groups excluding carboxylic acids is 1. The number of amides is 1. The third-order valence-corrected chi connectivity index (χ3v) is 6.84. The molecule has 2 aromatic carbocycles. The average molecular weight is 418 g/mol. The molecule has 2 unspecified atom stereocenters. The van der Waals surface area contributed by atoms with Crippen LogP contribution < -0.4 is 5.32 Å². The Balaban J connectivity index is 0.000000135. The van der Waals surface area contributed by atoms with E-state index >= 15 is 0 Å². The highest BCUT2D eigenvalue weighted by Gasteiger charge is 2.50. The number of benzene rings is 2. The molecule has 2 atom stereocenters. The Morgan fingerprint density at radius 3 is 2.48 bits per heavy atom. The normalized spacial score (nSPS) is 21.7. The minimum Gasteiger partial charge on any atom is -0.357 e. The fourth-order valence-corrected chi connectivity index (χ4v) is 4.84. The van der Waals surface area contributed by atoms with Crippen LogP contribution in [-0.4, -0.2) is 35.9 Å². The molecule has 6 rings (SSSR count). The predicted octanol–water partition coefficient (Wildman–Crippen LogP) is 5.49. The molecule has 0 bridgehead atoms. The van der Waals surface area contributed by atoms with Gasteiger partial charge in [0.1, 0.15) is 11.5 Å². The van der Waals surface area contributed by atoms with Gasteiger partial charge in [-0.3, -0.25) is 4.79 Å². The van der Waals surface area contributed by atoms with E-state index in [2.05, 4.69) is 34.4 Å². The number of nitrogens with one attached hydrogen (secondary N) is 2. The molecule has 4 nitrogen and oxygen atoms in total.